The summed E-state index contributed by atoms with van der Waals surface area (Å²) in [5.41, 5.74) is -2.06. The van der Waals surface area contributed by atoms with Gasteiger partial charge < -0.3 is 20.8 Å². The molecule has 2 aliphatic rings. The second kappa shape index (κ2) is 10.8. The van der Waals surface area contributed by atoms with Crippen molar-refractivity contribution in [2.45, 2.75) is 47.9 Å². The molecule has 14 heteroatoms. The van der Waals surface area contributed by atoms with Gasteiger partial charge in [-0.15, -0.1) is 0 Å². The molecule has 0 spiro atoms. The maximum atomic E-state index is 13.6. The fourth-order valence-corrected chi connectivity index (χ4v) is 7.92. The Morgan fingerprint density at radius 1 is 1.03 bits per heavy atom. The Hall–Kier alpha value is -3.16. The Kier molecular flexibility index (Phi) is 7.97. The van der Waals surface area contributed by atoms with Crippen LogP contribution in [-0.4, -0.2) is 53.8 Å². The summed E-state index contributed by atoms with van der Waals surface area (Å²) in [7, 11) is -4.14. The van der Waals surface area contributed by atoms with E-state index < -0.39 is 74.3 Å². The second-order valence-corrected chi connectivity index (χ2v) is 12.4. The van der Waals surface area contributed by atoms with Crippen LogP contribution < -0.4 is 10.6 Å². The zero-order chi connectivity index (χ0) is 28.7. The maximum absolute atomic E-state index is 13.6. The second-order valence-electron chi connectivity index (χ2n) is 9.80. The molecule has 0 aromatic heterocycles. The molecule has 0 saturated heterocycles. The summed E-state index contributed by atoms with van der Waals surface area (Å²) < 4.78 is 67.5. The lowest BCUT2D eigenvalue weighted by Crippen LogP contribution is -2.51. The molecular formula is C25H24ClF3N2O7S. The fraction of sp³-hybridized carbons (Fsp3) is 0.400. The summed E-state index contributed by atoms with van der Waals surface area (Å²) >= 11 is 6.20. The Morgan fingerprint density at radius 2 is 1.62 bits per heavy atom. The predicted molar refractivity (Wildman–Crippen MR) is 132 cm³/mol. The van der Waals surface area contributed by atoms with Gasteiger partial charge in [0.25, 0.3) is 5.91 Å². The SMILES string of the molecule is O=C(O)CNC(=O)C[C@@]1(O)C2CC[C@H]1C[C@H](S(=O)(=O)c1cc(C(=O)Nc3cc(F)c(F)c(F)c3)ccc1Cl)C2. The molecule has 4 N–H and O–H groups in total. The number of benzene rings is 2. The quantitative estimate of drug-likeness (QED) is 0.346. The number of anilines is 1. The molecule has 39 heavy (non-hydrogen) atoms. The van der Waals surface area contributed by atoms with Gasteiger partial charge in [-0.2, -0.15) is 0 Å². The zero-order valence-electron chi connectivity index (χ0n) is 20.2. The van der Waals surface area contributed by atoms with E-state index in [1.807, 2.05) is 0 Å². The third-order valence-electron chi connectivity index (χ3n) is 7.43. The highest BCUT2D eigenvalue weighted by Crippen LogP contribution is 2.53. The summed E-state index contributed by atoms with van der Waals surface area (Å²) in [6.45, 7) is -0.602. The number of amides is 2. The van der Waals surface area contributed by atoms with E-state index in [0.29, 0.717) is 25.0 Å². The number of rotatable bonds is 8. The van der Waals surface area contributed by atoms with E-state index in [1.54, 1.807) is 0 Å². The normalized spacial score (nSPS) is 24.3. The minimum Gasteiger partial charge on any atom is -0.480 e. The van der Waals surface area contributed by atoms with Crippen molar-refractivity contribution in [3.05, 3.63) is 58.4 Å². The first-order valence-electron chi connectivity index (χ1n) is 11.9. The number of carbonyl (C=O) groups is 3. The van der Waals surface area contributed by atoms with E-state index >= 15 is 0 Å². The number of halogens is 4. The van der Waals surface area contributed by atoms with Gasteiger partial charge in [0, 0.05) is 23.4 Å². The van der Waals surface area contributed by atoms with Crippen molar-refractivity contribution in [3.63, 3.8) is 0 Å². The molecule has 9 nitrogen and oxygen atoms in total. The summed E-state index contributed by atoms with van der Waals surface area (Å²) in [5.74, 6) is -8.63. The van der Waals surface area contributed by atoms with Crippen LogP contribution in [0.15, 0.2) is 35.2 Å². The van der Waals surface area contributed by atoms with Crippen molar-refractivity contribution >= 4 is 44.9 Å². The standard InChI is InChI=1S/C25H24ClF3N2O7S/c26-17-4-1-12(24(35)31-15-8-18(27)23(29)19(28)9-15)5-20(17)39(37,38)16-6-13-2-3-14(7-16)25(13,36)10-21(32)30-11-22(33)34/h1,4-5,8-9,13-14,16,36H,2-3,6-7,10-11H2,(H,30,32)(H,31,35)(H,33,34)/t13-,14?,16-,25-/m0/s1. The van der Waals surface area contributed by atoms with Crippen molar-refractivity contribution in [2.24, 2.45) is 11.8 Å². The van der Waals surface area contributed by atoms with Gasteiger partial charge in [-0.05, 0) is 55.7 Å². The Bertz CT molecular complexity index is 1420. The molecule has 2 fully saturated rings. The molecule has 2 saturated carbocycles. The maximum Gasteiger partial charge on any atom is 0.322 e. The number of hydrogen-bond acceptors (Lipinski definition) is 6. The van der Waals surface area contributed by atoms with Crippen molar-refractivity contribution in [3.8, 4) is 0 Å². The molecule has 0 aliphatic heterocycles. The number of hydrogen-bond donors (Lipinski definition) is 4. The third kappa shape index (κ3) is 5.75. The minimum absolute atomic E-state index is 0.0163. The van der Waals surface area contributed by atoms with Gasteiger partial charge in [0.1, 0.15) is 6.54 Å². The van der Waals surface area contributed by atoms with Gasteiger partial charge >= 0.3 is 5.97 Å². The summed E-state index contributed by atoms with van der Waals surface area (Å²) in [5, 5.41) is 23.3. The molecule has 4 rings (SSSR count). The number of carboxylic acids is 1. The van der Waals surface area contributed by atoms with Crippen molar-refractivity contribution in [1.29, 1.82) is 0 Å². The monoisotopic (exact) mass is 588 g/mol. The van der Waals surface area contributed by atoms with Crippen LogP contribution in [0.1, 0.15) is 42.5 Å². The molecule has 2 amide bonds. The van der Waals surface area contributed by atoms with E-state index in [0.717, 1.165) is 6.07 Å². The molecule has 2 bridgehead atoms. The minimum atomic E-state index is -4.14. The lowest BCUT2D eigenvalue weighted by atomic mass is 9.72. The van der Waals surface area contributed by atoms with Gasteiger partial charge in [-0.3, -0.25) is 14.4 Å². The van der Waals surface area contributed by atoms with Crippen molar-refractivity contribution in [2.75, 3.05) is 11.9 Å². The van der Waals surface area contributed by atoms with Gasteiger partial charge in [0.15, 0.2) is 27.3 Å². The highest BCUT2D eigenvalue weighted by atomic mass is 35.5. The molecule has 4 atom stereocenters. The van der Waals surface area contributed by atoms with Crippen LogP contribution in [0.25, 0.3) is 0 Å². The fourth-order valence-electron chi connectivity index (χ4n) is 5.52. The topological polar surface area (TPSA) is 150 Å². The lowest BCUT2D eigenvalue weighted by Gasteiger charge is -2.42. The van der Waals surface area contributed by atoms with Crippen LogP contribution in [0, 0.1) is 29.3 Å². The van der Waals surface area contributed by atoms with Crippen LogP contribution in [-0.2, 0) is 19.4 Å². The first-order valence-corrected chi connectivity index (χ1v) is 13.8. The first kappa shape index (κ1) is 28.8. The van der Waals surface area contributed by atoms with Gasteiger partial charge in [-0.1, -0.05) is 11.6 Å². The Balaban J connectivity index is 1.53. The molecule has 2 aliphatic carbocycles. The van der Waals surface area contributed by atoms with Crippen molar-refractivity contribution < 1.29 is 46.2 Å². The van der Waals surface area contributed by atoms with Crippen LogP contribution in [0.4, 0.5) is 18.9 Å². The molecule has 1 unspecified atom stereocenters. The summed E-state index contributed by atoms with van der Waals surface area (Å²) in [6, 6.07) is 4.59. The molecular weight excluding hydrogens is 565 g/mol. The van der Waals surface area contributed by atoms with E-state index in [1.165, 1.54) is 12.1 Å². The highest BCUT2D eigenvalue weighted by molar-refractivity contribution is 7.92. The number of sulfone groups is 1. The van der Waals surface area contributed by atoms with Crippen molar-refractivity contribution in [1.82, 2.24) is 5.32 Å². The average molecular weight is 589 g/mol. The number of carbonyl (C=O) groups excluding carboxylic acids is 2. The number of carboxylic acid groups (broad SMARTS) is 1. The Morgan fingerprint density at radius 3 is 2.18 bits per heavy atom. The molecule has 0 radical (unpaired) electrons. The number of fused-ring (bicyclic) bond motifs is 2. The molecule has 2 aromatic carbocycles. The van der Waals surface area contributed by atoms with E-state index in [9.17, 15) is 41.1 Å². The smallest absolute Gasteiger partial charge is 0.322 e. The van der Waals surface area contributed by atoms with Crippen LogP contribution in [0.3, 0.4) is 0 Å². The largest absolute Gasteiger partial charge is 0.480 e. The Labute approximate surface area is 226 Å². The van der Waals surface area contributed by atoms with E-state index in [-0.39, 0.29) is 40.4 Å². The van der Waals surface area contributed by atoms with Crippen LogP contribution >= 0.6 is 11.6 Å². The van der Waals surface area contributed by atoms with E-state index in [4.69, 9.17) is 16.7 Å². The number of aliphatic hydroxyl groups is 1. The molecule has 0 heterocycles. The van der Waals surface area contributed by atoms with E-state index in [2.05, 4.69) is 10.6 Å². The van der Waals surface area contributed by atoms with Gasteiger partial charge in [0.05, 0.1) is 27.2 Å². The molecule has 2 aromatic rings. The summed E-state index contributed by atoms with van der Waals surface area (Å²) in [6.07, 6.45) is 0.620. The number of nitrogens with one attached hydrogen (secondary N) is 2. The van der Waals surface area contributed by atoms with Crippen LogP contribution in [0.5, 0.6) is 0 Å². The molecule has 210 valence electrons. The van der Waals surface area contributed by atoms with Gasteiger partial charge in [0.2, 0.25) is 5.91 Å². The predicted octanol–water partition coefficient (Wildman–Crippen LogP) is 3.29. The highest BCUT2D eigenvalue weighted by Gasteiger charge is 2.56. The lowest BCUT2D eigenvalue weighted by molar-refractivity contribution is -0.140. The van der Waals surface area contributed by atoms with Crippen LogP contribution in [0.2, 0.25) is 5.02 Å². The zero-order valence-corrected chi connectivity index (χ0v) is 21.8. The third-order valence-corrected chi connectivity index (χ3v) is 10.1. The first-order chi connectivity index (χ1) is 18.2. The van der Waals surface area contributed by atoms with Gasteiger partial charge in [-0.25, -0.2) is 21.6 Å². The summed E-state index contributed by atoms with van der Waals surface area (Å²) in [4.78, 5) is 35.3. The average Bonchev–Trinajstić information content (AvgIpc) is 3.01. The number of aliphatic carboxylic acids is 1.